The van der Waals surface area contributed by atoms with Crippen molar-refractivity contribution in [1.29, 1.82) is 0 Å². The van der Waals surface area contributed by atoms with Crippen LogP contribution in [-0.4, -0.2) is 72.5 Å². The van der Waals surface area contributed by atoms with Gasteiger partial charge in [0.25, 0.3) is 0 Å². The predicted molar refractivity (Wildman–Crippen MR) is 184 cm³/mol. The molecule has 21 heteroatoms. The molecule has 4 N–H and O–H groups in total. The highest BCUT2D eigenvalue weighted by Gasteiger charge is 2.13. The number of methoxy groups -OCH3 is 1. The zero-order chi connectivity index (χ0) is 37.3. The minimum atomic E-state index is -4.68. The average Bonchev–Trinajstić information content (AvgIpc) is 3.12. The second-order valence-corrected chi connectivity index (χ2v) is 13.0. The van der Waals surface area contributed by atoms with Gasteiger partial charge in [-0.25, -0.2) is 16.8 Å². The van der Waals surface area contributed by atoms with Gasteiger partial charge in [0, 0.05) is 18.2 Å². The molecule has 0 aliphatic heterocycles. The average molecular weight is 747 g/mol. The number of aliphatic hydroxyl groups is 1. The highest BCUT2D eigenvalue weighted by Crippen LogP contribution is 2.33. The van der Waals surface area contributed by atoms with Gasteiger partial charge >= 0.3 is 0 Å². The number of ether oxygens (including phenoxy) is 1. The Morgan fingerprint density at radius 1 is 0.692 bits per heavy atom. The van der Waals surface area contributed by atoms with Crippen molar-refractivity contribution in [3.8, 4) is 5.75 Å². The van der Waals surface area contributed by atoms with Crippen LogP contribution in [0.5, 0.6) is 5.75 Å². The number of azo groups is 2. The summed E-state index contributed by atoms with van der Waals surface area (Å²) in [5.74, 6) is 0.391. The van der Waals surface area contributed by atoms with E-state index in [0.717, 1.165) is 24.3 Å². The molecule has 0 aliphatic carbocycles. The van der Waals surface area contributed by atoms with E-state index in [1.807, 2.05) is 0 Å². The lowest BCUT2D eigenvalue weighted by Crippen LogP contribution is -2.12. The highest BCUT2D eigenvalue weighted by molar-refractivity contribution is 7.86. The molecule has 52 heavy (non-hydrogen) atoms. The minimum absolute atomic E-state index is 0.00207. The molecule has 0 amide bonds. The van der Waals surface area contributed by atoms with Crippen LogP contribution in [0.15, 0.2) is 115 Å². The molecule has 0 radical (unpaired) electrons. The minimum Gasteiger partial charge on any atom is -0.744 e. The molecule has 0 unspecified atom stereocenters. The van der Waals surface area contributed by atoms with E-state index in [4.69, 9.17) is 4.74 Å². The van der Waals surface area contributed by atoms with E-state index in [9.17, 15) is 35.8 Å². The number of aliphatic hydroxyl groups excluding tert-OH is 1. The van der Waals surface area contributed by atoms with E-state index in [-0.39, 0.29) is 59.3 Å². The molecule has 0 atom stereocenters. The summed E-state index contributed by atoms with van der Waals surface area (Å²) in [6.07, 6.45) is 0.559. The largest absolute Gasteiger partial charge is 0.744 e. The standard InChI is InChI=1S/C31H28N10O9S2/c1-50-28-17-23(41-39-21-5-3-7-25(16-21)52(47,48)49)9-11-27(28)34-31-36-29(32-12-13-42)35-30(37-31)33-26-10-8-22(14-19(26)18-43)40-38-20-4-2-6-24(15-20)51(44,45)46/h2-11,14-18,42H,12-13H2,1H3,(H,44,45,46)(H,47,48,49)(H3,32,33,34,35,36,37)/p-2. The second kappa shape index (κ2) is 16.2. The third-order valence-electron chi connectivity index (χ3n) is 6.64. The van der Waals surface area contributed by atoms with Gasteiger partial charge in [0.05, 0.1) is 57.6 Å². The van der Waals surface area contributed by atoms with Crippen LogP contribution < -0.4 is 20.7 Å². The normalized spacial score (nSPS) is 11.8. The van der Waals surface area contributed by atoms with E-state index < -0.39 is 30.0 Å². The van der Waals surface area contributed by atoms with Crippen LogP contribution >= 0.6 is 0 Å². The molecule has 1 heterocycles. The van der Waals surface area contributed by atoms with Crippen molar-refractivity contribution in [2.24, 2.45) is 20.5 Å². The van der Waals surface area contributed by atoms with E-state index in [0.29, 0.717) is 23.4 Å². The van der Waals surface area contributed by atoms with Gasteiger partial charge in [-0.15, -0.1) is 0 Å². The number of nitrogens with zero attached hydrogens (tertiary/aromatic N) is 7. The van der Waals surface area contributed by atoms with Crippen LogP contribution in [0, 0.1) is 0 Å². The van der Waals surface area contributed by atoms with Crippen molar-refractivity contribution in [2.45, 2.75) is 9.79 Å². The third kappa shape index (κ3) is 9.92. The highest BCUT2D eigenvalue weighted by atomic mass is 32.2. The molecule has 268 valence electrons. The lowest BCUT2D eigenvalue weighted by molar-refractivity contribution is 0.112. The maximum Gasteiger partial charge on any atom is 0.233 e. The van der Waals surface area contributed by atoms with Gasteiger partial charge in [-0.1, -0.05) is 12.1 Å². The Labute approximate surface area is 296 Å². The van der Waals surface area contributed by atoms with E-state index >= 15 is 0 Å². The first-order chi connectivity index (χ1) is 24.8. The van der Waals surface area contributed by atoms with Crippen LogP contribution in [-0.2, 0) is 20.2 Å². The molecule has 0 spiro atoms. The van der Waals surface area contributed by atoms with Crippen molar-refractivity contribution in [3.63, 3.8) is 0 Å². The first-order valence-corrected chi connectivity index (χ1v) is 17.5. The van der Waals surface area contributed by atoms with Gasteiger partial charge < -0.3 is 34.9 Å². The first-order valence-electron chi connectivity index (χ1n) is 14.7. The van der Waals surface area contributed by atoms with Gasteiger partial charge in [0.2, 0.25) is 17.8 Å². The molecular weight excluding hydrogens is 721 g/mol. The number of hydrogen-bond acceptors (Lipinski definition) is 19. The maximum absolute atomic E-state index is 12.0. The Balaban J connectivity index is 1.37. The number of aldehydes is 1. The number of benzene rings is 4. The maximum atomic E-state index is 12.0. The molecule has 1 aromatic heterocycles. The third-order valence-corrected chi connectivity index (χ3v) is 8.31. The molecular formula is C31H26N10O9S2-2. The smallest absolute Gasteiger partial charge is 0.233 e. The molecule has 19 nitrogen and oxygen atoms in total. The van der Waals surface area contributed by atoms with Crippen LogP contribution in [0.1, 0.15) is 10.4 Å². The molecule has 0 bridgehead atoms. The van der Waals surface area contributed by atoms with Crippen molar-refractivity contribution < 1.29 is 40.6 Å². The van der Waals surface area contributed by atoms with Crippen molar-refractivity contribution >= 4 is 78.5 Å². The monoisotopic (exact) mass is 746 g/mol. The van der Waals surface area contributed by atoms with Crippen molar-refractivity contribution in [2.75, 3.05) is 36.2 Å². The first kappa shape index (κ1) is 37.0. The number of carbonyl (C=O) groups is 1. The summed E-state index contributed by atoms with van der Waals surface area (Å²) >= 11 is 0. The Hall–Kier alpha value is -6.26. The number of hydrogen-bond donors (Lipinski definition) is 4. The summed E-state index contributed by atoms with van der Waals surface area (Å²) in [7, 11) is -7.94. The van der Waals surface area contributed by atoms with E-state index in [1.165, 1.54) is 55.6 Å². The van der Waals surface area contributed by atoms with Gasteiger partial charge in [0.1, 0.15) is 26.0 Å². The fourth-order valence-corrected chi connectivity index (χ4v) is 5.30. The van der Waals surface area contributed by atoms with Gasteiger partial charge in [-0.05, 0) is 66.7 Å². The quantitative estimate of drug-likeness (QED) is 0.0606. The molecule has 5 aromatic rings. The number of aromatic nitrogens is 3. The summed E-state index contributed by atoms with van der Waals surface area (Å²) in [4.78, 5) is 24.1. The van der Waals surface area contributed by atoms with Crippen LogP contribution in [0.4, 0.5) is 52.0 Å². The SMILES string of the molecule is COc1cc(N=Nc2cccc(S(=O)(=O)[O-])c2)ccc1Nc1nc(NCCO)nc(Nc2ccc(N=Nc3cccc(S(=O)(=O)[O-])c3)cc2C=O)n1. The summed E-state index contributed by atoms with van der Waals surface area (Å²) in [6, 6.07) is 19.3. The summed E-state index contributed by atoms with van der Waals surface area (Å²) in [5.41, 5.74) is 1.64. The zero-order valence-corrected chi connectivity index (χ0v) is 28.4. The number of nitrogens with one attached hydrogen (secondary N) is 3. The molecule has 0 fully saturated rings. The van der Waals surface area contributed by atoms with E-state index in [2.05, 4.69) is 51.4 Å². The Morgan fingerprint density at radius 3 is 1.67 bits per heavy atom. The van der Waals surface area contributed by atoms with Crippen LogP contribution in [0.2, 0.25) is 0 Å². The van der Waals surface area contributed by atoms with Crippen molar-refractivity contribution in [1.82, 2.24) is 15.0 Å². The predicted octanol–water partition coefficient (Wildman–Crippen LogP) is 5.22. The number of anilines is 5. The summed E-state index contributed by atoms with van der Waals surface area (Å²) in [5, 5.41) is 34.2. The van der Waals surface area contributed by atoms with Crippen molar-refractivity contribution in [3.05, 3.63) is 90.5 Å². The Kier molecular flexibility index (Phi) is 11.5. The van der Waals surface area contributed by atoms with Gasteiger partial charge in [-0.2, -0.15) is 35.4 Å². The molecule has 0 saturated carbocycles. The Morgan fingerprint density at radius 2 is 1.17 bits per heavy atom. The summed E-state index contributed by atoms with van der Waals surface area (Å²) < 4.78 is 73.4. The Bertz CT molecular complexity index is 2390. The molecule has 5 rings (SSSR count). The van der Waals surface area contributed by atoms with E-state index in [1.54, 1.807) is 12.1 Å². The molecule has 0 aliphatic rings. The lowest BCUT2D eigenvalue weighted by atomic mass is 10.2. The summed E-state index contributed by atoms with van der Waals surface area (Å²) in [6.45, 7) is -0.112. The topological polar surface area (TPSA) is 285 Å². The fraction of sp³-hybridized carbons (Fsp3) is 0.0968. The number of carbonyl (C=O) groups excluding carboxylic acids is 1. The molecule has 0 saturated heterocycles. The number of rotatable bonds is 15. The molecule has 4 aromatic carbocycles. The fourth-order valence-electron chi connectivity index (χ4n) is 4.28. The van der Waals surface area contributed by atoms with Crippen LogP contribution in [0.3, 0.4) is 0 Å². The van der Waals surface area contributed by atoms with Gasteiger partial charge in [0.15, 0.2) is 6.29 Å². The zero-order valence-electron chi connectivity index (χ0n) is 26.7. The van der Waals surface area contributed by atoms with Gasteiger partial charge in [-0.3, -0.25) is 4.79 Å². The van der Waals surface area contributed by atoms with Crippen LogP contribution in [0.25, 0.3) is 0 Å². The second-order valence-electron chi connectivity index (χ2n) is 10.3. The lowest BCUT2D eigenvalue weighted by Gasteiger charge is -2.14.